The summed E-state index contributed by atoms with van der Waals surface area (Å²) in [6, 6.07) is 18.4. The number of fused-ring (bicyclic) bond motifs is 4. The molecule has 2 aromatic heterocycles. The molecule has 8 heterocycles. The van der Waals surface area contributed by atoms with Crippen molar-refractivity contribution < 1.29 is 37.1 Å². The summed E-state index contributed by atoms with van der Waals surface area (Å²) in [5.41, 5.74) is 10.1. The van der Waals surface area contributed by atoms with Crippen molar-refractivity contribution in [1.29, 1.82) is 0 Å². The number of pyridine rings is 1. The van der Waals surface area contributed by atoms with Crippen LogP contribution < -0.4 is 30.3 Å². The molecule has 1 aliphatic carbocycles. The van der Waals surface area contributed by atoms with E-state index in [9.17, 15) is 14.9 Å². The Bertz CT molecular complexity index is 3090. The van der Waals surface area contributed by atoms with Gasteiger partial charge in [-0.2, -0.15) is 4.98 Å². The molecule has 4 saturated heterocycles. The summed E-state index contributed by atoms with van der Waals surface area (Å²) in [7, 11) is -4.78. The van der Waals surface area contributed by atoms with E-state index in [2.05, 4.69) is 74.9 Å². The van der Waals surface area contributed by atoms with Gasteiger partial charge in [0.25, 0.3) is 11.6 Å². The maximum absolute atomic E-state index is 16.2. The number of aromatic amines is 1. The van der Waals surface area contributed by atoms with Gasteiger partial charge in [0.15, 0.2) is 11.4 Å². The van der Waals surface area contributed by atoms with E-state index >= 15 is 8.42 Å². The van der Waals surface area contributed by atoms with Gasteiger partial charge in [-0.15, -0.1) is 0 Å². The molecule has 3 aromatic carbocycles. The third-order valence-electron chi connectivity index (χ3n) is 17.1. The Balaban J connectivity index is 0.928. The molecule has 5 aromatic rings. The summed E-state index contributed by atoms with van der Waals surface area (Å²) in [6.45, 7) is 14.7. The van der Waals surface area contributed by atoms with Gasteiger partial charge in [0.1, 0.15) is 28.9 Å². The summed E-state index contributed by atoms with van der Waals surface area (Å²) >= 11 is 0. The number of anilines is 4. The van der Waals surface area contributed by atoms with Crippen LogP contribution in [0.4, 0.5) is 28.4 Å². The molecular weight excluding hydrogens is 965 g/mol. The summed E-state index contributed by atoms with van der Waals surface area (Å²) < 4.78 is 57.3. The number of carbonyl (C=O) groups excluding carboxylic acids is 1. The number of sulfone groups is 1. The smallest absolute Gasteiger partial charge is 0.297 e. The highest BCUT2D eigenvalue weighted by atomic mass is 32.2. The monoisotopic (exact) mass is 1030 g/mol. The van der Waals surface area contributed by atoms with Crippen LogP contribution in [0.2, 0.25) is 0 Å². The lowest BCUT2D eigenvalue weighted by molar-refractivity contribution is -0.384. The van der Waals surface area contributed by atoms with E-state index in [1.54, 1.807) is 18.3 Å². The molecule has 1 spiro atoms. The van der Waals surface area contributed by atoms with Crippen LogP contribution >= 0.6 is 0 Å². The molecule has 7 aliphatic rings. The minimum Gasteiger partial charge on any atom is -0.489 e. The largest absolute Gasteiger partial charge is 0.489 e. The highest BCUT2D eigenvalue weighted by Gasteiger charge is 2.51. The van der Waals surface area contributed by atoms with Gasteiger partial charge in [0, 0.05) is 94.8 Å². The average molecular weight is 1030 g/mol. The van der Waals surface area contributed by atoms with Crippen LogP contribution in [0.1, 0.15) is 73.5 Å². The van der Waals surface area contributed by atoms with E-state index < -0.39 is 38.5 Å². The van der Waals surface area contributed by atoms with E-state index in [0.29, 0.717) is 75.0 Å². The number of nitro groups is 1. The third-order valence-corrected chi connectivity index (χ3v) is 18.9. The molecule has 74 heavy (non-hydrogen) atoms. The third kappa shape index (κ3) is 8.69. The van der Waals surface area contributed by atoms with Crippen LogP contribution in [-0.2, 0) is 19.3 Å². The number of nitrogens with one attached hydrogen (secondary N) is 2. The quantitative estimate of drug-likeness (QED) is 0.0962. The van der Waals surface area contributed by atoms with Gasteiger partial charge in [0.2, 0.25) is 15.7 Å². The lowest BCUT2D eigenvalue weighted by Gasteiger charge is -2.57. The molecular formula is C54H66N10O9S. The molecule has 5 fully saturated rings. The van der Waals surface area contributed by atoms with E-state index in [0.717, 1.165) is 69.9 Å². The lowest BCUT2D eigenvalue weighted by atomic mass is 9.59. The number of H-pyrrole nitrogens is 1. The number of nitrogens with two attached hydrogens (primary N) is 1. The van der Waals surface area contributed by atoms with Gasteiger partial charge < -0.3 is 44.8 Å². The number of morpholine rings is 1. The fourth-order valence-electron chi connectivity index (χ4n) is 13.1. The van der Waals surface area contributed by atoms with Crippen molar-refractivity contribution in [2.75, 3.05) is 101 Å². The average Bonchev–Trinajstić information content (AvgIpc) is 3.90. The van der Waals surface area contributed by atoms with E-state index in [1.807, 2.05) is 17.0 Å². The van der Waals surface area contributed by atoms with E-state index in [4.69, 9.17) is 29.7 Å². The number of amides is 1. The molecule has 392 valence electrons. The van der Waals surface area contributed by atoms with Crippen LogP contribution in [0, 0.1) is 22.5 Å². The van der Waals surface area contributed by atoms with Crippen molar-refractivity contribution in [3.63, 3.8) is 0 Å². The zero-order valence-electron chi connectivity index (χ0n) is 42.3. The van der Waals surface area contributed by atoms with Crippen molar-refractivity contribution in [2.24, 2.45) is 11.1 Å². The van der Waals surface area contributed by atoms with Crippen molar-refractivity contribution in [2.45, 2.75) is 99.0 Å². The first kappa shape index (κ1) is 48.9. The number of benzene rings is 3. The highest BCUT2D eigenvalue weighted by Crippen LogP contribution is 2.55. The lowest BCUT2D eigenvalue weighted by Crippen LogP contribution is -2.58. The Hall–Kier alpha value is -6.03. The zero-order valence-corrected chi connectivity index (χ0v) is 43.1. The number of carbonyl (C=O) groups is 1. The number of rotatable bonds is 11. The van der Waals surface area contributed by atoms with Crippen LogP contribution in [0.3, 0.4) is 0 Å². The highest BCUT2D eigenvalue weighted by molar-refractivity contribution is 7.91. The Morgan fingerprint density at radius 3 is 2.49 bits per heavy atom. The first-order valence-corrected chi connectivity index (χ1v) is 27.8. The second-order valence-electron chi connectivity index (χ2n) is 21.8. The number of hydrogen-bond donors (Lipinski definition) is 3. The van der Waals surface area contributed by atoms with Crippen LogP contribution in [-0.4, -0.2) is 160 Å². The predicted molar refractivity (Wildman–Crippen MR) is 280 cm³/mol. The number of piperazine rings is 1. The number of ether oxygens (including phenoxy) is 4. The SMILES string of the molecule is Cc1ccccc1[C@@H]1COCCN1C1CC2(CCN(c3ccc(C(N)=O)c(N4c5cc6cc[nH]c6nc5O[C@H]5COCC[C@@H]54)c3S(=O)(=O)c3cc4c(c([N+](=O)[O-])c3)N[C@@H](CN3CCN(C(C)C)CC3)CO4)CC2)C1. The molecule has 0 radical (unpaired) electrons. The Labute approximate surface area is 431 Å². The van der Waals surface area contributed by atoms with Crippen LogP contribution in [0.25, 0.3) is 11.0 Å². The summed E-state index contributed by atoms with van der Waals surface area (Å²) in [4.78, 5) is 45.4. The number of hydrogen-bond acceptors (Lipinski definition) is 16. The fourth-order valence-corrected chi connectivity index (χ4v) is 14.8. The van der Waals surface area contributed by atoms with Gasteiger partial charge in [0.05, 0.1) is 64.7 Å². The number of nitrogens with zero attached hydrogens (tertiary/aromatic N) is 7. The molecule has 0 bridgehead atoms. The van der Waals surface area contributed by atoms with Gasteiger partial charge >= 0.3 is 0 Å². The zero-order chi connectivity index (χ0) is 51.0. The second-order valence-corrected chi connectivity index (χ2v) is 23.6. The molecule has 19 nitrogen and oxygen atoms in total. The molecule has 20 heteroatoms. The van der Waals surface area contributed by atoms with Crippen molar-refractivity contribution in [3.05, 3.63) is 93.7 Å². The molecule has 1 amide bonds. The molecule has 12 rings (SSSR count). The Morgan fingerprint density at radius 2 is 1.73 bits per heavy atom. The predicted octanol–water partition coefficient (Wildman–Crippen LogP) is 6.42. The number of aryl methyl sites for hydroxylation is 1. The first-order valence-electron chi connectivity index (χ1n) is 26.3. The molecule has 1 saturated carbocycles. The van der Waals surface area contributed by atoms with Crippen molar-refractivity contribution in [1.82, 2.24) is 24.7 Å². The van der Waals surface area contributed by atoms with Crippen LogP contribution in [0.15, 0.2) is 76.7 Å². The standard InChI is InChI=1S/C54H66N10O9S/c1-33(2)60-19-17-59(18-20-60)29-36-30-72-46-26-38(25-43(64(66)67)48(46)57-36)74(68,69)50-42(61-15-12-54(13-16-61)27-37(28-54)62-21-23-71-31-45(62)39-7-5-4-6-34(39)3)9-8-40(51(55)65)49(50)63-41-11-22-70-32-47(41)73-53-44(63)24-35-10-14-56-52(35)58-53/h4-10,14,24-26,33,36-37,41,45,47,57H,11-13,15-23,27-32H2,1-3H3,(H2,55,65)(H,56,58)/t36-,41-,45-,47-/m0/s1. The fraction of sp³-hybridized carbons (Fsp3) is 0.519. The molecule has 4 N–H and O–H groups in total. The van der Waals surface area contributed by atoms with Gasteiger partial charge in [-0.1, -0.05) is 24.3 Å². The number of primary amides is 1. The summed E-state index contributed by atoms with van der Waals surface area (Å²) in [5.74, 6) is -0.529. The van der Waals surface area contributed by atoms with Crippen LogP contribution in [0.5, 0.6) is 11.6 Å². The maximum atomic E-state index is 16.2. The second kappa shape index (κ2) is 19.3. The number of nitro benzene ring substituents is 1. The van der Waals surface area contributed by atoms with E-state index in [-0.39, 0.29) is 69.1 Å². The Kier molecular flexibility index (Phi) is 12.7. The number of aromatic nitrogens is 2. The molecule has 0 unspecified atom stereocenters. The minimum atomic E-state index is -4.78. The molecule has 4 atom stereocenters. The summed E-state index contributed by atoms with van der Waals surface area (Å²) in [6.07, 6.45) is 5.30. The van der Waals surface area contributed by atoms with Gasteiger partial charge in [-0.3, -0.25) is 29.6 Å². The molecule has 6 aliphatic heterocycles. The Morgan fingerprint density at radius 1 is 0.946 bits per heavy atom. The van der Waals surface area contributed by atoms with Crippen molar-refractivity contribution >= 4 is 55.2 Å². The first-order chi connectivity index (χ1) is 35.7. The van der Waals surface area contributed by atoms with E-state index in [1.165, 1.54) is 17.2 Å². The topological polar surface area (TPSA) is 214 Å². The summed E-state index contributed by atoms with van der Waals surface area (Å²) in [5, 5.41) is 17.3. The maximum Gasteiger partial charge on any atom is 0.297 e. The normalized spacial score (nSPS) is 24.6. The van der Waals surface area contributed by atoms with Gasteiger partial charge in [-0.25, -0.2) is 8.42 Å². The van der Waals surface area contributed by atoms with Crippen molar-refractivity contribution in [3.8, 4) is 11.6 Å². The minimum absolute atomic E-state index is 0.0222. The van der Waals surface area contributed by atoms with Gasteiger partial charge in [-0.05, 0) is 93.7 Å². The number of piperidine rings is 1.